The van der Waals surface area contributed by atoms with Crippen molar-refractivity contribution in [1.29, 1.82) is 5.26 Å². The second kappa shape index (κ2) is 7.05. The summed E-state index contributed by atoms with van der Waals surface area (Å²) in [6, 6.07) is 12.1. The largest absolute Gasteiger partial charge is 0.387 e. The van der Waals surface area contributed by atoms with Gasteiger partial charge in [-0.3, -0.25) is 4.90 Å². The van der Waals surface area contributed by atoms with Crippen molar-refractivity contribution in [2.75, 3.05) is 13.1 Å². The Morgan fingerprint density at radius 1 is 1.29 bits per heavy atom. The van der Waals surface area contributed by atoms with Gasteiger partial charge in [0.25, 0.3) is 0 Å². The SMILES string of the molecule is CC(C)N(CCC#N)CC(O)c1ccccc1. The lowest BCUT2D eigenvalue weighted by Crippen LogP contribution is -2.35. The van der Waals surface area contributed by atoms with E-state index in [2.05, 4.69) is 24.8 Å². The van der Waals surface area contributed by atoms with Gasteiger partial charge in [-0.2, -0.15) is 5.26 Å². The fourth-order valence-electron chi connectivity index (χ4n) is 1.76. The minimum atomic E-state index is -0.489. The van der Waals surface area contributed by atoms with E-state index in [1.807, 2.05) is 30.3 Å². The number of nitriles is 1. The fraction of sp³-hybridized carbons (Fsp3) is 0.500. The van der Waals surface area contributed by atoms with Crippen LogP contribution >= 0.6 is 0 Å². The van der Waals surface area contributed by atoms with Crippen LogP contribution in [0.5, 0.6) is 0 Å². The normalized spacial score (nSPS) is 12.7. The Bertz CT molecular complexity index is 356. The minimum absolute atomic E-state index is 0.335. The van der Waals surface area contributed by atoms with Gasteiger partial charge in [0.15, 0.2) is 0 Å². The van der Waals surface area contributed by atoms with Gasteiger partial charge in [0.1, 0.15) is 0 Å². The molecule has 0 spiro atoms. The standard InChI is InChI=1S/C14H20N2O/c1-12(2)16(10-6-9-15)11-14(17)13-7-4-3-5-8-13/h3-5,7-8,12,14,17H,6,10-11H2,1-2H3. The molecule has 0 aliphatic rings. The topological polar surface area (TPSA) is 47.3 Å². The van der Waals surface area contributed by atoms with Crippen LogP contribution in [0.4, 0.5) is 0 Å². The van der Waals surface area contributed by atoms with E-state index in [4.69, 9.17) is 5.26 Å². The number of benzene rings is 1. The zero-order valence-corrected chi connectivity index (χ0v) is 10.5. The first-order valence-corrected chi connectivity index (χ1v) is 5.99. The average Bonchev–Trinajstić information content (AvgIpc) is 2.35. The van der Waals surface area contributed by atoms with Crippen molar-refractivity contribution in [3.63, 3.8) is 0 Å². The quantitative estimate of drug-likeness (QED) is 0.819. The molecule has 3 nitrogen and oxygen atoms in total. The van der Waals surface area contributed by atoms with Crippen LogP contribution in [-0.2, 0) is 0 Å². The molecule has 1 atom stereocenters. The van der Waals surface area contributed by atoms with Crippen molar-refractivity contribution in [2.24, 2.45) is 0 Å². The summed E-state index contributed by atoms with van der Waals surface area (Å²) in [5, 5.41) is 18.7. The Morgan fingerprint density at radius 2 is 1.94 bits per heavy atom. The molecule has 0 amide bonds. The lowest BCUT2D eigenvalue weighted by molar-refractivity contribution is 0.0969. The summed E-state index contributed by atoms with van der Waals surface area (Å²) < 4.78 is 0. The highest BCUT2D eigenvalue weighted by atomic mass is 16.3. The Hall–Kier alpha value is -1.37. The van der Waals surface area contributed by atoms with E-state index in [1.165, 1.54) is 0 Å². The first-order valence-electron chi connectivity index (χ1n) is 5.99. The van der Waals surface area contributed by atoms with Gasteiger partial charge in [-0.05, 0) is 19.4 Å². The zero-order valence-electron chi connectivity index (χ0n) is 10.5. The second-order valence-corrected chi connectivity index (χ2v) is 4.42. The lowest BCUT2D eigenvalue weighted by atomic mass is 10.1. The molecule has 1 aromatic rings. The lowest BCUT2D eigenvalue weighted by Gasteiger charge is -2.28. The fourth-order valence-corrected chi connectivity index (χ4v) is 1.76. The summed E-state index contributed by atoms with van der Waals surface area (Å²) in [5.41, 5.74) is 0.926. The predicted octanol–water partition coefficient (Wildman–Crippen LogP) is 2.34. The first kappa shape index (κ1) is 13.7. The molecule has 17 heavy (non-hydrogen) atoms. The molecule has 0 radical (unpaired) electrons. The van der Waals surface area contributed by atoms with Gasteiger partial charge in [-0.1, -0.05) is 30.3 Å². The molecule has 1 aromatic carbocycles. The van der Waals surface area contributed by atoms with Crippen LogP contribution in [0.1, 0.15) is 31.9 Å². The molecule has 3 heteroatoms. The van der Waals surface area contributed by atoms with E-state index < -0.39 is 6.10 Å². The molecule has 0 aliphatic carbocycles. The van der Waals surface area contributed by atoms with Crippen LogP contribution in [0.25, 0.3) is 0 Å². The van der Waals surface area contributed by atoms with Crippen molar-refractivity contribution in [3.8, 4) is 6.07 Å². The third kappa shape index (κ3) is 4.56. The van der Waals surface area contributed by atoms with Crippen LogP contribution < -0.4 is 0 Å². The Labute approximate surface area is 103 Å². The Morgan fingerprint density at radius 3 is 2.47 bits per heavy atom. The Balaban J connectivity index is 2.58. The highest BCUT2D eigenvalue weighted by Crippen LogP contribution is 2.15. The number of hydrogen-bond donors (Lipinski definition) is 1. The molecule has 0 aromatic heterocycles. The highest BCUT2D eigenvalue weighted by molar-refractivity contribution is 5.17. The van der Waals surface area contributed by atoms with Gasteiger partial charge in [0, 0.05) is 25.6 Å². The summed E-state index contributed by atoms with van der Waals surface area (Å²) in [7, 11) is 0. The number of rotatable bonds is 6. The molecule has 92 valence electrons. The maximum absolute atomic E-state index is 10.1. The Kier molecular flexibility index (Phi) is 5.68. The summed E-state index contributed by atoms with van der Waals surface area (Å²) >= 11 is 0. The van der Waals surface area contributed by atoms with Gasteiger partial charge in [-0.15, -0.1) is 0 Å². The van der Waals surface area contributed by atoms with Crippen LogP contribution in [0.2, 0.25) is 0 Å². The van der Waals surface area contributed by atoms with E-state index in [-0.39, 0.29) is 0 Å². The third-order valence-corrected chi connectivity index (χ3v) is 2.83. The van der Waals surface area contributed by atoms with E-state index >= 15 is 0 Å². The van der Waals surface area contributed by atoms with Crippen molar-refractivity contribution in [3.05, 3.63) is 35.9 Å². The highest BCUT2D eigenvalue weighted by Gasteiger charge is 2.15. The number of aliphatic hydroxyl groups is 1. The minimum Gasteiger partial charge on any atom is -0.387 e. The molecule has 0 aliphatic heterocycles. The monoisotopic (exact) mass is 232 g/mol. The molecular formula is C14H20N2O. The second-order valence-electron chi connectivity index (χ2n) is 4.42. The molecule has 0 saturated heterocycles. The molecule has 0 heterocycles. The van der Waals surface area contributed by atoms with Crippen LogP contribution in [-0.4, -0.2) is 29.1 Å². The van der Waals surface area contributed by atoms with E-state index in [9.17, 15) is 5.11 Å². The summed E-state index contributed by atoms with van der Waals surface area (Å²) in [6.45, 7) is 5.44. The van der Waals surface area contributed by atoms with Gasteiger partial charge in [0.05, 0.1) is 12.2 Å². The maximum atomic E-state index is 10.1. The maximum Gasteiger partial charge on any atom is 0.0917 e. The summed E-state index contributed by atoms with van der Waals surface area (Å²) in [4.78, 5) is 2.13. The smallest absolute Gasteiger partial charge is 0.0917 e. The van der Waals surface area contributed by atoms with E-state index in [0.717, 1.165) is 5.56 Å². The molecule has 1 N–H and O–H groups in total. The van der Waals surface area contributed by atoms with E-state index in [1.54, 1.807) is 0 Å². The van der Waals surface area contributed by atoms with Crippen LogP contribution in [0, 0.1) is 11.3 Å². The molecule has 0 bridgehead atoms. The molecule has 1 rings (SSSR count). The summed E-state index contributed by atoms with van der Waals surface area (Å²) in [5.74, 6) is 0. The van der Waals surface area contributed by atoms with E-state index in [0.29, 0.717) is 25.6 Å². The van der Waals surface area contributed by atoms with Crippen LogP contribution in [0.3, 0.4) is 0 Å². The average molecular weight is 232 g/mol. The van der Waals surface area contributed by atoms with Crippen molar-refractivity contribution < 1.29 is 5.11 Å². The molecule has 1 unspecified atom stereocenters. The van der Waals surface area contributed by atoms with Gasteiger partial charge >= 0.3 is 0 Å². The zero-order chi connectivity index (χ0) is 12.7. The third-order valence-electron chi connectivity index (χ3n) is 2.83. The predicted molar refractivity (Wildman–Crippen MR) is 68.3 cm³/mol. The molecular weight excluding hydrogens is 212 g/mol. The van der Waals surface area contributed by atoms with Gasteiger partial charge in [0.2, 0.25) is 0 Å². The number of aliphatic hydroxyl groups excluding tert-OH is 1. The van der Waals surface area contributed by atoms with Crippen LogP contribution in [0.15, 0.2) is 30.3 Å². The first-order chi connectivity index (χ1) is 8.15. The van der Waals surface area contributed by atoms with Gasteiger partial charge in [-0.25, -0.2) is 0 Å². The number of nitrogens with zero attached hydrogens (tertiary/aromatic N) is 2. The van der Waals surface area contributed by atoms with Crippen molar-refractivity contribution in [2.45, 2.75) is 32.4 Å². The van der Waals surface area contributed by atoms with Crippen molar-refractivity contribution >= 4 is 0 Å². The van der Waals surface area contributed by atoms with Gasteiger partial charge < -0.3 is 5.11 Å². The molecule has 0 fully saturated rings. The molecule has 0 saturated carbocycles. The van der Waals surface area contributed by atoms with Crippen molar-refractivity contribution in [1.82, 2.24) is 4.90 Å². The summed E-state index contributed by atoms with van der Waals surface area (Å²) in [6.07, 6.45) is 0.0111. The number of hydrogen-bond acceptors (Lipinski definition) is 3.